The van der Waals surface area contributed by atoms with Crippen molar-refractivity contribution in [3.05, 3.63) is 35.1 Å². The molecular weight excluding hydrogens is 241 g/mol. The molecule has 1 aromatic carbocycles. The summed E-state index contributed by atoms with van der Waals surface area (Å²) in [5.41, 5.74) is 1.31. The van der Waals surface area contributed by atoms with Gasteiger partial charge in [-0.15, -0.1) is 6.42 Å². The molecule has 1 saturated heterocycles. The van der Waals surface area contributed by atoms with Crippen LogP contribution in [0.25, 0.3) is 0 Å². The predicted octanol–water partition coefficient (Wildman–Crippen LogP) is 1.45. The van der Waals surface area contributed by atoms with Gasteiger partial charge in [0.1, 0.15) is 5.82 Å². The van der Waals surface area contributed by atoms with Crippen LogP contribution in [-0.2, 0) is 6.54 Å². The lowest BCUT2D eigenvalue weighted by atomic mass is 10.1. The summed E-state index contributed by atoms with van der Waals surface area (Å²) in [6.45, 7) is 4.91. The van der Waals surface area contributed by atoms with Gasteiger partial charge in [0.2, 0.25) is 0 Å². The summed E-state index contributed by atoms with van der Waals surface area (Å²) in [5, 5.41) is 9.03. The van der Waals surface area contributed by atoms with Crippen molar-refractivity contribution in [2.45, 2.75) is 6.54 Å². The van der Waals surface area contributed by atoms with E-state index >= 15 is 0 Å². The molecule has 0 aromatic heterocycles. The second-order valence-corrected chi connectivity index (χ2v) is 4.67. The maximum absolute atomic E-state index is 13.2. The SMILES string of the molecule is C#CCN1CCN(Cc2cc(F)ccc2C#N)CC1. The molecule has 0 spiro atoms. The molecule has 19 heavy (non-hydrogen) atoms. The van der Waals surface area contributed by atoms with Gasteiger partial charge in [-0.25, -0.2) is 4.39 Å². The smallest absolute Gasteiger partial charge is 0.123 e. The number of nitrogens with zero attached hydrogens (tertiary/aromatic N) is 3. The van der Waals surface area contributed by atoms with Crippen LogP contribution in [-0.4, -0.2) is 42.5 Å². The van der Waals surface area contributed by atoms with Crippen molar-refractivity contribution in [1.82, 2.24) is 9.80 Å². The van der Waals surface area contributed by atoms with Crippen LogP contribution >= 0.6 is 0 Å². The quantitative estimate of drug-likeness (QED) is 0.768. The van der Waals surface area contributed by atoms with E-state index in [1.165, 1.54) is 12.1 Å². The van der Waals surface area contributed by atoms with Crippen molar-refractivity contribution < 1.29 is 4.39 Å². The van der Waals surface area contributed by atoms with E-state index in [0.717, 1.165) is 31.7 Å². The summed E-state index contributed by atoms with van der Waals surface area (Å²) < 4.78 is 13.2. The number of nitriles is 1. The van der Waals surface area contributed by atoms with Gasteiger partial charge in [-0.3, -0.25) is 9.80 Å². The van der Waals surface area contributed by atoms with Crippen molar-refractivity contribution >= 4 is 0 Å². The lowest BCUT2D eigenvalue weighted by Gasteiger charge is -2.33. The van der Waals surface area contributed by atoms with Crippen LogP contribution in [0.4, 0.5) is 4.39 Å². The fourth-order valence-electron chi connectivity index (χ4n) is 2.28. The minimum absolute atomic E-state index is 0.292. The molecular formula is C15H16FN3. The van der Waals surface area contributed by atoms with E-state index in [1.807, 2.05) is 0 Å². The summed E-state index contributed by atoms with van der Waals surface area (Å²) in [4.78, 5) is 4.44. The van der Waals surface area contributed by atoms with Crippen LogP contribution in [0.5, 0.6) is 0 Å². The first-order valence-corrected chi connectivity index (χ1v) is 6.29. The molecule has 1 fully saturated rings. The van der Waals surface area contributed by atoms with Gasteiger partial charge in [0, 0.05) is 32.7 Å². The Balaban J connectivity index is 1.98. The Morgan fingerprint density at radius 3 is 2.53 bits per heavy atom. The molecule has 0 unspecified atom stereocenters. The fraction of sp³-hybridized carbons (Fsp3) is 0.400. The first-order valence-electron chi connectivity index (χ1n) is 6.29. The summed E-state index contributed by atoms with van der Waals surface area (Å²) in [6.07, 6.45) is 5.29. The molecule has 98 valence electrons. The number of piperazine rings is 1. The summed E-state index contributed by atoms with van der Waals surface area (Å²) >= 11 is 0. The van der Waals surface area contributed by atoms with Gasteiger partial charge in [-0.1, -0.05) is 5.92 Å². The zero-order chi connectivity index (χ0) is 13.7. The highest BCUT2D eigenvalue weighted by molar-refractivity contribution is 5.37. The molecule has 2 rings (SSSR count). The van der Waals surface area contributed by atoms with Crippen molar-refractivity contribution in [2.24, 2.45) is 0 Å². The van der Waals surface area contributed by atoms with E-state index in [0.29, 0.717) is 18.7 Å². The Morgan fingerprint density at radius 2 is 1.89 bits per heavy atom. The minimum atomic E-state index is -0.292. The Bertz CT molecular complexity index is 519. The number of terminal acetylenes is 1. The summed E-state index contributed by atoms with van der Waals surface area (Å²) in [5.74, 6) is 2.35. The van der Waals surface area contributed by atoms with E-state index in [-0.39, 0.29) is 5.82 Å². The van der Waals surface area contributed by atoms with Crippen molar-refractivity contribution in [3.8, 4) is 18.4 Å². The predicted molar refractivity (Wildman–Crippen MR) is 71.7 cm³/mol. The topological polar surface area (TPSA) is 30.3 Å². The maximum Gasteiger partial charge on any atom is 0.123 e. The van der Waals surface area contributed by atoms with Gasteiger partial charge < -0.3 is 0 Å². The Hall–Kier alpha value is -1.88. The van der Waals surface area contributed by atoms with E-state index in [1.54, 1.807) is 6.07 Å². The van der Waals surface area contributed by atoms with Gasteiger partial charge in [0.15, 0.2) is 0 Å². The van der Waals surface area contributed by atoms with Gasteiger partial charge in [-0.05, 0) is 23.8 Å². The molecule has 1 aromatic rings. The zero-order valence-electron chi connectivity index (χ0n) is 10.8. The average Bonchev–Trinajstić information content (AvgIpc) is 2.42. The van der Waals surface area contributed by atoms with Crippen molar-refractivity contribution in [3.63, 3.8) is 0 Å². The third-order valence-corrected chi connectivity index (χ3v) is 3.36. The lowest BCUT2D eigenvalue weighted by Crippen LogP contribution is -2.45. The van der Waals surface area contributed by atoms with E-state index in [4.69, 9.17) is 11.7 Å². The number of halogens is 1. The van der Waals surface area contributed by atoms with Gasteiger partial charge in [0.05, 0.1) is 18.2 Å². The molecule has 3 nitrogen and oxygen atoms in total. The van der Waals surface area contributed by atoms with Crippen molar-refractivity contribution in [1.29, 1.82) is 5.26 Å². The van der Waals surface area contributed by atoms with Crippen LogP contribution in [0.1, 0.15) is 11.1 Å². The lowest BCUT2D eigenvalue weighted by molar-refractivity contribution is 0.138. The first kappa shape index (κ1) is 13.5. The van der Waals surface area contributed by atoms with Crippen LogP contribution in [0.15, 0.2) is 18.2 Å². The fourth-order valence-corrected chi connectivity index (χ4v) is 2.28. The first-order chi connectivity index (χ1) is 9.22. The molecule has 4 heteroatoms. The normalized spacial score (nSPS) is 16.8. The largest absolute Gasteiger partial charge is 0.296 e. The monoisotopic (exact) mass is 257 g/mol. The highest BCUT2D eigenvalue weighted by Gasteiger charge is 2.17. The maximum atomic E-state index is 13.2. The van der Waals surface area contributed by atoms with Crippen LogP contribution in [0, 0.1) is 29.5 Å². The van der Waals surface area contributed by atoms with Gasteiger partial charge in [-0.2, -0.15) is 5.26 Å². The van der Waals surface area contributed by atoms with Gasteiger partial charge in [0.25, 0.3) is 0 Å². The third kappa shape index (κ3) is 3.54. The molecule has 1 aliphatic rings. The van der Waals surface area contributed by atoms with Crippen molar-refractivity contribution in [2.75, 3.05) is 32.7 Å². The van der Waals surface area contributed by atoms with E-state index in [9.17, 15) is 4.39 Å². The molecule has 0 amide bonds. The number of hydrogen-bond donors (Lipinski definition) is 0. The highest BCUT2D eigenvalue weighted by Crippen LogP contribution is 2.14. The van der Waals surface area contributed by atoms with Crippen LogP contribution in [0.3, 0.4) is 0 Å². The third-order valence-electron chi connectivity index (χ3n) is 3.36. The summed E-state index contributed by atoms with van der Waals surface area (Å²) in [7, 11) is 0. The number of rotatable bonds is 3. The van der Waals surface area contributed by atoms with Crippen LogP contribution < -0.4 is 0 Å². The Labute approximate surface area is 113 Å². The molecule has 0 radical (unpaired) electrons. The van der Waals surface area contributed by atoms with Gasteiger partial charge >= 0.3 is 0 Å². The zero-order valence-corrected chi connectivity index (χ0v) is 10.8. The highest BCUT2D eigenvalue weighted by atomic mass is 19.1. The molecule has 0 bridgehead atoms. The molecule has 1 heterocycles. The molecule has 0 aliphatic carbocycles. The number of hydrogen-bond acceptors (Lipinski definition) is 3. The standard InChI is InChI=1S/C15H16FN3/c1-2-5-18-6-8-19(9-7-18)12-14-10-15(16)4-3-13(14)11-17/h1,3-4,10H,5-9,12H2. The molecule has 0 saturated carbocycles. The summed E-state index contributed by atoms with van der Waals surface area (Å²) in [6, 6.07) is 6.43. The second kappa shape index (κ2) is 6.33. The van der Waals surface area contributed by atoms with Crippen LogP contribution in [0.2, 0.25) is 0 Å². The Kier molecular flexibility index (Phi) is 4.52. The second-order valence-electron chi connectivity index (χ2n) is 4.67. The minimum Gasteiger partial charge on any atom is -0.296 e. The van der Waals surface area contributed by atoms with E-state index < -0.39 is 0 Å². The van der Waals surface area contributed by atoms with E-state index in [2.05, 4.69) is 21.8 Å². The number of benzene rings is 1. The molecule has 1 aliphatic heterocycles. The molecule has 0 N–H and O–H groups in total. The molecule has 0 atom stereocenters. The average molecular weight is 257 g/mol. The Morgan fingerprint density at radius 1 is 1.21 bits per heavy atom.